The summed E-state index contributed by atoms with van der Waals surface area (Å²) < 4.78 is 11.9. The van der Waals surface area contributed by atoms with E-state index in [9.17, 15) is 29.7 Å². The number of hydrogen-bond donors (Lipinski definition) is 4. The van der Waals surface area contributed by atoms with Gasteiger partial charge in [-0.1, -0.05) is 167 Å². The number of nitrogens with zero attached hydrogens (tertiary/aromatic N) is 2. The Morgan fingerprint density at radius 1 is 0.764 bits per heavy atom. The van der Waals surface area contributed by atoms with E-state index in [4.69, 9.17) is 15.2 Å². The zero-order chi connectivity index (χ0) is 40.4. The van der Waals surface area contributed by atoms with E-state index < -0.39 is 55.2 Å². The standard InChI is InChI=1S/C44H77N3O8/c1-5-7-9-11-13-15-17-19-21-26-30-46(38(49)29-25-20-18-16-14-12-10-8-6-2)43-39(41(51)40(50)37(32-48)55-43)47(42(52)36(45)31-34(3)4)44(53)54-33-35-27-23-22-24-28-35/h22-24,27-28,34,36-37,39-41,43,48,50-51H,5-21,25-26,29-33,45H2,1-4H3/t36-,37+,39+,40+,41+,43+/m0/s1. The van der Waals surface area contributed by atoms with Crippen molar-refractivity contribution in [2.75, 3.05) is 13.2 Å². The molecule has 1 aromatic rings. The number of amides is 3. The number of hydrogen-bond acceptors (Lipinski definition) is 9. The molecule has 0 saturated carbocycles. The molecule has 1 aromatic carbocycles. The first-order valence-electron chi connectivity index (χ1n) is 21.8. The molecule has 0 bridgehead atoms. The fraction of sp³-hybridized carbons (Fsp3) is 0.795. The van der Waals surface area contributed by atoms with Crippen LogP contribution in [0.3, 0.4) is 0 Å². The van der Waals surface area contributed by atoms with E-state index in [0.29, 0.717) is 18.4 Å². The Bertz CT molecular complexity index is 1170. The third-order valence-corrected chi connectivity index (χ3v) is 10.7. The third-order valence-electron chi connectivity index (χ3n) is 10.7. The number of carbonyl (C=O) groups is 3. The molecular weight excluding hydrogens is 698 g/mol. The molecular formula is C44H77N3O8. The van der Waals surface area contributed by atoms with Crippen molar-refractivity contribution < 1.29 is 39.2 Å². The number of unbranched alkanes of at least 4 members (excludes halogenated alkanes) is 17. The van der Waals surface area contributed by atoms with Gasteiger partial charge in [-0.15, -0.1) is 0 Å². The summed E-state index contributed by atoms with van der Waals surface area (Å²) >= 11 is 0. The highest BCUT2D eigenvalue weighted by atomic mass is 16.6. The molecule has 316 valence electrons. The highest BCUT2D eigenvalue weighted by Gasteiger charge is 2.53. The summed E-state index contributed by atoms with van der Waals surface area (Å²) in [5.74, 6) is -1.02. The lowest BCUT2D eigenvalue weighted by Gasteiger charge is -2.49. The van der Waals surface area contributed by atoms with Gasteiger partial charge in [0.2, 0.25) is 11.8 Å². The van der Waals surface area contributed by atoms with Crippen LogP contribution in [0.5, 0.6) is 0 Å². The lowest BCUT2D eigenvalue weighted by atomic mass is 9.92. The van der Waals surface area contributed by atoms with E-state index in [2.05, 4.69) is 13.8 Å². The molecule has 3 amide bonds. The first-order valence-corrected chi connectivity index (χ1v) is 21.8. The highest BCUT2D eigenvalue weighted by molar-refractivity contribution is 5.95. The molecule has 1 fully saturated rings. The number of imide groups is 1. The Morgan fingerprint density at radius 2 is 1.27 bits per heavy atom. The number of aliphatic hydroxyl groups is 3. The van der Waals surface area contributed by atoms with Crippen LogP contribution in [0.4, 0.5) is 4.79 Å². The molecule has 0 aromatic heterocycles. The molecule has 11 nitrogen and oxygen atoms in total. The Balaban J connectivity index is 2.36. The van der Waals surface area contributed by atoms with Gasteiger partial charge in [0.15, 0.2) is 6.23 Å². The Morgan fingerprint density at radius 3 is 1.78 bits per heavy atom. The first-order chi connectivity index (χ1) is 26.6. The molecule has 0 unspecified atom stereocenters. The minimum Gasteiger partial charge on any atom is -0.444 e. The van der Waals surface area contributed by atoms with Crippen molar-refractivity contribution in [1.29, 1.82) is 0 Å². The average molecular weight is 776 g/mol. The van der Waals surface area contributed by atoms with Crippen LogP contribution >= 0.6 is 0 Å². The maximum atomic E-state index is 14.2. The summed E-state index contributed by atoms with van der Waals surface area (Å²) in [5, 5.41) is 33.1. The largest absolute Gasteiger partial charge is 0.444 e. The maximum absolute atomic E-state index is 14.2. The fourth-order valence-corrected chi connectivity index (χ4v) is 7.45. The molecule has 5 N–H and O–H groups in total. The minimum absolute atomic E-state index is 0.0135. The molecule has 6 atom stereocenters. The van der Waals surface area contributed by atoms with E-state index >= 15 is 0 Å². The monoisotopic (exact) mass is 776 g/mol. The second-order valence-electron chi connectivity index (χ2n) is 16.1. The van der Waals surface area contributed by atoms with Gasteiger partial charge >= 0.3 is 6.09 Å². The molecule has 2 rings (SSSR count). The minimum atomic E-state index is -1.76. The number of benzene rings is 1. The van der Waals surface area contributed by atoms with Gasteiger partial charge in [0, 0.05) is 13.0 Å². The van der Waals surface area contributed by atoms with E-state index in [1.54, 1.807) is 24.3 Å². The van der Waals surface area contributed by atoms with Crippen LogP contribution in [-0.2, 0) is 25.7 Å². The number of aliphatic hydroxyl groups excluding tert-OH is 3. The van der Waals surface area contributed by atoms with Crippen LogP contribution in [0.1, 0.15) is 168 Å². The summed E-state index contributed by atoms with van der Waals surface area (Å²) in [4.78, 5) is 44.7. The van der Waals surface area contributed by atoms with Crippen LogP contribution in [0.2, 0.25) is 0 Å². The van der Waals surface area contributed by atoms with Gasteiger partial charge in [-0.05, 0) is 30.7 Å². The van der Waals surface area contributed by atoms with Crippen LogP contribution in [-0.4, -0.2) is 92.8 Å². The number of rotatable bonds is 29. The Labute approximate surface area is 332 Å². The number of nitrogens with two attached hydrogens (primary N) is 1. The van der Waals surface area contributed by atoms with Gasteiger partial charge < -0.3 is 35.4 Å². The second kappa shape index (κ2) is 28.8. The van der Waals surface area contributed by atoms with Gasteiger partial charge in [0.1, 0.15) is 31.0 Å². The van der Waals surface area contributed by atoms with E-state index in [-0.39, 0.29) is 37.8 Å². The summed E-state index contributed by atoms with van der Waals surface area (Å²) in [5.41, 5.74) is 7.08. The van der Waals surface area contributed by atoms with Crippen LogP contribution in [0.15, 0.2) is 30.3 Å². The van der Waals surface area contributed by atoms with Gasteiger partial charge in [-0.25, -0.2) is 9.69 Å². The Hall–Kier alpha value is -2.57. The van der Waals surface area contributed by atoms with Crippen LogP contribution in [0.25, 0.3) is 0 Å². The smallest absolute Gasteiger partial charge is 0.417 e. The molecule has 1 heterocycles. The lowest BCUT2D eigenvalue weighted by Crippen LogP contribution is -2.71. The van der Waals surface area contributed by atoms with Crippen LogP contribution in [0, 0.1) is 5.92 Å². The van der Waals surface area contributed by atoms with Crippen LogP contribution < -0.4 is 5.73 Å². The van der Waals surface area contributed by atoms with Crippen molar-refractivity contribution in [3.63, 3.8) is 0 Å². The van der Waals surface area contributed by atoms with E-state index in [0.717, 1.165) is 43.4 Å². The Kier molecular flexibility index (Phi) is 25.4. The summed E-state index contributed by atoms with van der Waals surface area (Å²) in [7, 11) is 0. The molecule has 1 aliphatic rings. The maximum Gasteiger partial charge on any atom is 0.417 e. The van der Waals surface area contributed by atoms with Crippen molar-refractivity contribution in [2.24, 2.45) is 11.7 Å². The number of ether oxygens (including phenoxy) is 2. The topological polar surface area (TPSA) is 163 Å². The van der Waals surface area contributed by atoms with Gasteiger partial charge in [0.25, 0.3) is 0 Å². The molecule has 0 spiro atoms. The lowest BCUT2D eigenvalue weighted by molar-refractivity contribution is -0.245. The van der Waals surface area contributed by atoms with Crippen molar-refractivity contribution in [2.45, 2.75) is 206 Å². The predicted molar refractivity (Wildman–Crippen MR) is 218 cm³/mol. The summed E-state index contributed by atoms with van der Waals surface area (Å²) in [6.07, 6.45) is 14.2. The summed E-state index contributed by atoms with van der Waals surface area (Å²) in [6, 6.07) is 6.33. The second-order valence-corrected chi connectivity index (χ2v) is 16.1. The third kappa shape index (κ3) is 18.1. The predicted octanol–water partition coefficient (Wildman–Crippen LogP) is 8.00. The average Bonchev–Trinajstić information content (AvgIpc) is 3.17. The van der Waals surface area contributed by atoms with Crippen molar-refractivity contribution >= 4 is 17.9 Å². The quantitative estimate of drug-likeness (QED) is 0.0591. The van der Waals surface area contributed by atoms with Gasteiger partial charge in [0.05, 0.1) is 12.6 Å². The van der Waals surface area contributed by atoms with Crippen molar-refractivity contribution in [3.05, 3.63) is 35.9 Å². The van der Waals surface area contributed by atoms with Crippen molar-refractivity contribution in [1.82, 2.24) is 9.80 Å². The zero-order valence-corrected chi connectivity index (χ0v) is 34.8. The zero-order valence-electron chi connectivity index (χ0n) is 34.8. The van der Waals surface area contributed by atoms with E-state index in [1.807, 2.05) is 19.9 Å². The van der Waals surface area contributed by atoms with Crippen molar-refractivity contribution in [3.8, 4) is 0 Å². The molecule has 0 radical (unpaired) electrons. The first kappa shape index (κ1) is 48.6. The fourth-order valence-electron chi connectivity index (χ4n) is 7.45. The molecule has 11 heteroatoms. The molecule has 1 saturated heterocycles. The highest BCUT2D eigenvalue weighted by Crippen LogP contribution is 2.31. The SMILES string of the molecule is CCCCCCCCCCCCN(C(=O)CCCCCCCCCCC)[C@@H]1O[C@H](CO)[C@@H](O)[C@H](O)[C@H]1N(C(=O)OCc1ccccc1)C(=O)[C@@H](N)CC(C)C. The normalized spacial score (nSPS) is 20.3. The van der Waals surface area contributed by atoms with E-state index in [1.165, 1.54) is 75.5 Å². The van der Waals surface area contributed by atoms with Gasteiger partial charge in [-0.3, -0.25) is 9.59 Å². The molecule has 0 aliphatic carbocycles. The molecule has 1 aliphatic heterocycles. The molecule has 55 heavy (non-hydrogen) atoms. The number of carbonyl (C=O) groups excluding carboxylic acids is 3. The van der Waals surface area contributed by atoms with Gasteiger partial charge in [-0.2, -0.15) is 0 Å². The summed E-state index contributed by atoms with van der Waals surface area (Å²) in [6.45, 7) is 7.70.